The molecule has 1 aromatic heterocycles. The molecule has 3 aromatic rings. The van der Waals surface area contributed by atoms with Crippen LogP contribution in [0, 0.1) is 0 Å². The van der Waals surface area contributed by atoms with Crippen molar-refractivity contribution in [1.29, 1.82) is 0 Å². The van der Waals surface area contributed by atoms with Gasteiger partial charge < -0.3 is 15.4 Å². The number of H-pyrrole nitrogens is 1. The van der Waals surface area contributed by atoms with Gasteiger partial charge in [0.2, 0.25) is 5.91 Å². The van der Waals surface area contributed by atoms with Gasteiger partial charge in [-0.25, -0.2) is 0 Å². The number of nitrogens with one attached hydrogen (secondary N) is 2. The molecule has 0 fully saturated rings. The predicted octanol–water partition coefficient (Wildman–Crippen LogP) is 3.51. The number of para-hydroxylation sites is 1. The Morgan fingerprint density at radius 3 is 2.69 bits per heavy atom. The lowest BCUT2D eigenvalue weighted by molar-refractivity contribution is -0.121. The molecule has 3 rings (SSSR count). The average molecular weight is 369 g/mol. The highest BCUT2D eigenvalue weighted by Crippen LogP contribution is 2.19. The Balaban J connectivity index is 1.43. The Kier molecular flexibility index (Phi) is 6.75. The Hall–Kier alpha value is -2.24. The average Bonchev–Trinajstić information content (AvgIpc) is 3.09. The number of carbonyl (C=O) groups excluding carboxylic acids is 1. The number of rotatable bonds is 9. The normalized spacial score (nSPS) is 12.2. The van der Waals surface area contributed by atoms with Gasteiger partial charge in [0.25, 0.3) is 0 Å². The topological polar surface area (TPSA) is 65.1 Å². The van der Waals surface area contributed by atoms with E-state index >= 15 is 0 Å². The van der Waals surface area contributed by atoms with Gasteiger partial charge in [-0.1, -0.05) is 48.5 Å². The van der Waals surface area contributed by atoms with Gasteiger partial charge in [-0.15, -0.1) is 0 Å². The van der Waals surface area contributed by atoms with E-state index in [1.807, 2.05) is 42.6 Å². The Morgan fingerprint density at radius 2 is 1.88 bits per heavy atom. The number of aliphatic hydroxyl groups excluding tert-OH is 1. The third-order valence-electron chi connectivity index (χ3n) is 4.31. The second kappa shape index (κ2) is 9.46. The van der Waals surface area contributed by atoms with Crippen LogP contribution in [-0.2, 0) is 17.0 Å². The largest absolute Gasteiger partial charge is 0.394 e. The first-order chi connectivity index (χ1) is 12.8. The fourth-order valence-corrected chi connectivity index (χ4v) is 3.94. The highest BCUT2D eigenvalue weighted by Gasteiger charge is 2.12. The summed E-state index contributed by atoms with van der Waals surface area (Å²) in [6, 6.07) is 18.1. The Bertz CT molecular complexity index is 832. The van der Waals surface area contributed by atoms with E-state index < -0.39 is 0 Å². The van der Waals surface area contributed by atoms with E-state index in [2.05, 4.69) is 28.5 Å². The van der Waals surface area contributed by atoms with Gasteiger partial charge in [0.05, 0.1) is 12.6 Å². The summed E-state index contributed by atoms with van der Waals surface area (Å²) in [6.07, 6.45) is 3.07. The standard InChI is InChI=1S/C21H24N2O2S/c24-13-18(15-26-14-16-6-2-1-3-7-16)23-21(25)11-10-17-12-22-20-9-5-4-8-19(17)20/h1-9,12,18,22,24H,10-11,13-15H2,(H,23,25). The van der Waals surface area contributed by atoms with E-state index in [-0.39, 0.29) is 18.6 Å². The van der Waals surface area contributed by atoms with Crippen molar-refractivity contribution in [3.63, 3.8) is 0 Å². The molecule has 0 radical (unpaired) electrons. The van der Waals surface area contributed by atoms with Gasteiger partial charge in [0, 0.05) is 35.0 Å². The first kappa shape index (κ1) is 18.5. The molecular weight excluding hydrogens is 344 g/mol. The van der Waals surface area contributed by atoms with Crippen LogP contribution >= 0.6 is 11.8 Å². The molecule has 0 saturated heterocycles. The van der Waals surface area contributed by atoms with Crippen LogP contribution in [0.25, 0.3) is 10.9 Å². The molecular formula is C21H24N2O2S. The number of aromatic nitrogens is 1. The van der Waals surface area contributed by atoms with E-state index in [1.165, 1.54) is 5.56 Å². The lowest BCUT2D eigenvalue weighted by Crippen LogP contribution is -2.39. The van der Waals surface area contributed by atoms with Gasteiger partial charge in [0.15, 0.2) is 0 Å². The maximum Gasteiger partial charge on any atom is 0.220 e. The van der Waals surface area contributed by atoms with E-state index in [9.17, 15) is 9.90 Å². The van der Waals surface area contributed by atoms with Gasteiger partial charge in [0.1, 0.15) is 0 Å². The number of aliphatic hydroxyl groups is 1. The molecule has 0 spiro atoms. The van der Waals surface area contributed by atoms with Crippen molar-refractivity contribution in [3.05, 3.63) is 71.9 Å². The van der Waals surface area contributed by atoms with E-state index in [1.54, 1.807) is 11.8 Å². The molecule has 0 aliphatic carbocycles. The van der Waals surface area contributed by atoms with Crippen molar-refractivity contribution in [3.8, 4) is 0 Å². The molecule has 4 nitrogen and oxygen atoms in total. The molecule has 3 N–H and O–H groups in total. The van der Waals surface area contributed by atoms with Crippen LogP contribution in [0.4, 0.5) is 0 Å². The summed E-state index contributed by atoms with van der Waals surface area (Å²) in [5, 5.41) is 13.6. The quantitative estimate of drug-likeness (QED) is 0.541. The highest BCUT2D eigenvalue weighted by atomic mass is 32.2. The molecule has 136 valence electrons. The fraction of sp³-hybridized carbons (Fsp3) is 0.286. The minimum Gasteiger partial charge on any atom is -0.394 e. The van der Waals surface area contributed by atoms with Crippen molar-refractivity contribution < 1.29 is 9.90 Å². The summed E-state index contributed by atoms with van der Waals surface area (Å²) in [6.45, 7) is -0.0411. The molecule has 1 amide bonds. The zero-order chi connectivity index (χ0) is 18.2. The second-order valence-electron chi connectivity index (χ2n) is 6.31. The number of aromatic amines is 1. The van der Waals surface area contributed by atoms with E-state index in [0.29, 0.717) is 18.6 Å². The minimum atomic E-state index is -0.209. The number of fused-ring (bicyclic) bond motifs is 1. The lowest BCUT2D eigenvalue weighted by Gasteiger charge is -2.16. The Morgan fingerprint density at radius 1 is 1.12 bits per heavy atom. The number of benzene rings is 2. The molecule has 0 aliphatic rings. The lowest BCUT2D eigenvalue weighted by atomic mass is 10.1. The van der Waals surface area contributed by atoms with Crippen LogP contribution < -0.4 is 5.32 Å². The number of thioether (sulfide) groups is 1. The zero-order valence-corrected chi connectivity index (χ0v) is 15.5. The van der Waals surface area contributed by atoms with Crippen LogP contribution in [-0.4, -0.2) is 34.4 Å². The van der Waals surface area contributed by atoms with Crippen molar-refractivity contribution in [2.75, 3.05) is 12.4 Å². The summed E-state index contributed by atoms with van der Waals surface area (Å²) in [7, 11) is 0. The van der Waals surface area contributed by atoms with Crippen LogP contribution in [0.2, 0.25) is 0 Å². The Labute approximate surface area is 158 Å². The number of aryl methyl sites for hydroxylation is 1. The van der Waals surface area contributed by atoms with Gasteiger partial charge in [-0.3, -0.25) is 4.79 Å². The number of hydrogen-bond acceptors (Lipinski definition) is 3. The van der Waals surface area contributed by atoms with E-state index in [0.717, 1.165) is 22.2 Å². The molecule has 0 saturated carbocycles. The smallest absolute Gasteiger partial charge is 0.220 e. The fourth-order valence-electron chi connectivity index (χ4n) is 2.92. The first-order valence-electron chi connectivity index (χ1n) is 8.83. The third-order valence-corrected chi connectivity index (χ3v) is 5.49. The predicted molar refractivity (Wildman–Crippen MR) is 108 cm³/mol. The van der Waals surface area contributed by atoms with Crippen LogP contribution in [0.15, 0.2) is 60.8 Å². The van der Waals surface area contributed by atoms with Gasteiger partial charge in [-0.2, -0.15) is 11.8 Å². The van der Waals surface area contributed by atoms with E-state index in [4.69, 9.17) is 0 Å². The summed E-state index contributed by atoms with van der Waals surface area (Å²) >= 11 is 1.72. The molecule has 0 aliphatic heterocycles. The van der Waals surface area contributed by atoms with Crippen molar-refractivity contribution in [2.45, 2.75) is 24.6 Å². The molecule has 26 heavy (non-hydrogen) atoms. The van der Waals surface area contributed by atoms with Crippen molar-refractivity contribution in [2.24, 2.45) is 0 Å². The summed E-state index contributed by atoms with van der Waals surface area (Å²) in [5.41, 5.74) is 3.49. The van der Waals surface area contributed by atoms with Crippen LogP contribution in [0.1, 0.15) is 17.5 Å². The van der Waals surface area contributed by atoms with Crippen molar-refractivity contribution in [1.82, 2.24) is 10.3 Å². The number of hydrogen-bond donors (Lipinski definition) is 3. The zero-order valence-electron chi connectivity index (χ0n) is 14.7. The molecule has 1 atom stereocenters. The van der Waals surface area contributed by atoms with Gasteiger partial charge in [-0.05, 0) is 23.6 Å². The molecule has 0 bridgehead atoms. The maximum absolute atomic E-state index is 12.2. The second-order valence-corrected chi connectivity index (χ2v) is 7.34. The van der Waals surface area contributed by atoms with Gasteiger partial charge >= 0.3 is 0 Å². The molecule has 1 heterocycles. The summed E-state index contributed by atoms with van der Waals surface area (Å²) < 4.78 is 0. The van der Waals surface area contributed by atoms with Crippen molar-refractivity contribution >= 4 is 28.6 Å². The number of carbonyl (C=O) groups is 1. The molecule has 1 unspecified atom stereocenters. The minimum absolute atomic E-state index is 0.0188. The summed E-state index contributed by atoms with van der Waals surface area (Å²) in [5.74, 6) is 1.56. The monoisotopic (exact) mass is 368 g/mol. The highest BCUT2D eigenvalue weighted by molar-refractivity contribution is 7.98. The number of amides is 1. The molecule has 5 heteroatoms. The first-order valence-corrected chi connectivity index (χ1v) is 9.98. The van der Waals surface area contributed by atoms with Crippen LogP contribution in [0.3, 0.4) is 0 Å². The SMILES string of the molecule is O=C(CCc1c[nH]c2ccccc12)NC(CO)CSCc1ccccc1. The maximum atomic E-state index is 12.2. The summed E-state index contributed by atoms with van der Waals surface area (Å²) in [4.78, 5) is 15.5. The third kappa shape index (κ3) is 5.13. The molecule has 2 aromatic carbocycles. The van der Waals surface area contributed by atoms with Crippen LogP contribution in [0.5, 0.6) is 0 Å².